The molecule has 2 N–H and O–H groups in total. The quantitative estimate of drug-likeness (QED) is 0.772. The van der Waals surface area contributed by atoms with Crippen LogP contribution in [0.15, 0.2) is 48.5 Å². The van der Waals surface area contributed by atoms with Crippen LogP contribution in [0.5, 0.6) is 0 Å². The van der Waals surface area contributed by atoms with Crippen LogP contribution in [0.3, 0.4) is 0 Å². The van der Waals surface area contributed by atoms with Crippen molar-refractivity contribution in [3.8, 4) is 11.1 Å². The highest BCUT2D eigenvalue weighted by Gasteiger charge is 2.30. The van der Waals surface area contributed by atoms with Crippen LogP contribution >= 0.6 is 0 Å². The summed E-state index contributed by atoms with van der Waals surface area (Å²) in [4.78, 5) is 24.2. The summed E-state index contributed by atoms with van der Waals surface area (Å²) in [6, 6.07) is 15.9. The SMILES string of the molecule is O=C(O)N(CCCCO)C(=O)OCC1c2ccccc2-c2ccccc21. The summed E-state index contributed by atoms with van der Waals surface area (Å²) in [6.45, 7) is 0.0430. The van der Waals surface area contributed by atoms with Crippen LogP contribution in [0.1, 0.15) is 29.9 Å². The number of unbranched alkanes of at least 4 members (excludes halogenated alkanes) is 1. The molecule has 0 saturated carbocycles. The molecule has 26 heavy (non-hydrogen) atoms. The van der Waals surface area contributed by atoms with Crippen molar-refractivity contribution in [1.82, 2.24) is 4.90 Å². The summed E-state index contributed by atoms with van der Waals surface area (Å²) in [6.07, 6.45) is -1.40. The molecule has 2 amide bonds. The summed E-state index contributed by atoms with van der Waals surface area (Å²) in [5.41, 5.74) is 4.37. The number of ether oxygens (including phenoxy) is 1. The van der Waals surface area contributed by atoms with E-state index in [-0.39, 0.29) is 25.7 Å². The molecule has 0 atom stereocenters. The third-order valence-electron chi connectivity index (χ3n) is 4.58. The van der Waals surface area contributed by atoms with Crippen molar-refractivity contribution in [2.24, 2.45) is 0 Å². The number of aliphatic hydroxyl groups excluding tert-OH is 1. The lowest BCUT2D eigenvalue weighted by molar-refractivity contribution is 0.0912. The van der Waals surface area contributed by atoms with Crippen LogP contribution in [0, 0.1) is 0 Å². The maximum absolute atomic E-state index is 12.2. The van der Waals surface area contributed by atoms with Gasteiger partial charge in [0.25, 0.3) is 0 Å². The van der Waals surface area contributed by atoms with Gasteiger partial charge in [0, 0.05) is 19.1 Å². The van der Waals surface area contributed by atoms with Gasteiger partial charge in [0.15, 0.2) is 0 Å². The summed E-state index contributed by atoms with van der Waals surface area (Å²) < 4.78 is 5.34. The van der Waals surface area contributed by atoms with Gasteiger partial charge in [0.2, 0.25) is 0 Å². The number of carboxylic acid groups (broad SMARTS) is 1. The van der Waals surface area contributed by atoms with E-state index in [0.717, 1.165) is 22.3 Å². The maximum atomic E-state index is 12.2. The van der Waals surface area contributed by atoms with Crippen LogP contribution in [0.4, 0.5) is 9.59 Å². The molecular formula is C20H21NO5. The molecule has 1 aliphatic carbocycles. The number of amides is 2. The molecule has 6 heteroatoms. The lowest BCUT2D eigenvalue weighted by Crippen LogP contribution is -2.37. The van der Waals surface area contributed by atoms with E-state index in [1.165, 1.54) is 0 Å². The highest BCUT2D eigenvalue weighted by atomic mass is 16.6. The summed E-state index contributed by atoms with van der Waals surface area (Å²) in [5, 5.41) is 18.0. The molecule has 0 saturated heterocycles. The zero-order valence-electron chi connectivity index (χ0n) is 14.3. The number of nitrogens with zero attached hydrogens (tertiary/aromatic N) is 1. The van der Waals surface area contributed by atoms with Crippen molar-refractivity contribution in [3.63, 3.8) is 0 Å². The van der Waals surface area contributed by atoms with E-state index >= 15 is 0 Å². The fourth-order valence-electron chi connectivity index (χ4n) is 3.32. The van der Waals surface area contributed by atoms with Crippen molar-refractivity contribution >= 4 is 12.2 Å². The number of aliphatic hydroxyl groups is 1. The zero-order chi connectivity index (χ0) is 18.5. The molecule has 2 aromatic rings. The molecule has 0 fully saturated rings. The first-order chi connectivity index (χ1) is 12.6. The van der Waals surface area contributed by atoms with E-state index in [0.29, 0.717) is 17.7 Å². The van der Waals surface area contributed by atoms with Gasteiger partial charge in [-0.2, -0.15) is 0 Å². The standard InChI is InChI=1S/C20H21NO5/c22-12-6-5-11-21(19(23)24)20(25)26-13-18-16-9-3-1-7-14(16)15-8-2-4-10-17(15)18/h1-4,7-10,18,22H,5-6,11-13H2,(H,23,24). The topological polar surface area (TPSA) is 87.1 Å². The zero-order valence-corrected chi connectivity index (χ0v) is 14.3. The number of benzene rings is 2. The van der Waals surface area contributed by atoms with Crippen LogP contribution in [0.25, 0.3) is 11.1 Å². The van der Waals surface area contributed by atoms with E-state index < -0.39 is 12.2 Å². The molecule has 0 unspecified atom stereocenters. The normalized spacial score (nSPS) is 12.3. The Morgan fingerprint density at radius 2 is 1.54 bits per heavy atom. The minimum absolute atomic E-state index is 0.00652. The number of imide groups is 1. The molecule has 0 radical (unpaired) electrons. The van der Waals surface area contributed by atoms with Gasteiger partial charge >= 0.3 is 12.2 Å². The Kier molecular flexibility index (Phi) is 5.53. The molecule has 0 heterocycles. The van der Waals surface area contributed by atoms with Gasteiger partial charge in [-0.25, -0.2) is 14.5 Å². The molecule has 0 aromatic heterocycles. The monoisotopic (exact) mass is 355 g/mol. The molecule has 0 bridgehead atoms. The predicted octanol–water partition coefficient (Wildman–Crippen LogP) is 3.69. The Hall–Kier alpha value is -2.86. The van der Waals surface area contributed by atoms with E-state index in [1.807, 2.05) is 48.5 Å². The fourth-order valence-corrected chi connectivity index (χ4v) is 3.32. The van der Waals surface area contributed by atoms with Crippen molar-refractivity contribution in [2.75, 3.05) is 19.8 Å². The van der Waals surface area contributed by atoms with Crippen LogP contribution in [0.2, 0.25) is 0 Å². The van der Waals surface area contributed by atoms with E-state index in [9.17, 15) is 14.7 Å². The van der Waals surface area contributed by atoms with E-state index in [4.69, 9.17) is 9.84 Å². The molecule has 2 aromatic carbocycles. The summed E-state index contributed by atoms with van der Waals surface area (Å²) in [7, 11) is 0. The average molecular weight is 355 g/mol. The van der Waals surface area contributed by atoms with E-state index in [1.54, 1.807) is 0 Å². The van der Waals surface area contributed by atoms with Gasteiger partial charge in [-0.05, 0) is 35.1 Å². The number of carbonyl (C=O) groups excluding carboxylic acids is 1. The lowest BCUT2D eigenvalue weighted by Gasteiger charge is -2.19. The van der Waals surface area contributed by atoms with Crippen molar-refractivity contribution in [1.29, 1.82) is 0 Å². The lowest BCUT2D eigenvalue weighted by atomic mass is 9.98. The van der Waals surface area contributed by atoms with Gasteiger partial charge in [-0.15, -0.1) is 0 Å². The van der Waals surface area contributed by atoms with E-state index in [2.05, 4.69) is 0 Å². The van der Waals surface area contributed by atoms with Gasteiger partial charge in [0.1, 0.15) is 6.61 Å². The molecule has 3 rings (SSSR count). The number of rotatable bonds is 6. The molecule has 6 nitrogen and oxygen atoms in total. The second kappa shape index (κ2) is 8.01. The van der Waals surface area contributed by atoms with Crippen LogP contribution in [-0.2, 0) is 4.74 Å². The van der Waals surface area contributed by atoms with Crippen LogP contribution < -0.4 is 0 Å². The third-order valence-corrected chi connectivity index (χ3v) is 4.58. The minimum atomic E-state index is -1.35. The maximum Gasteiger partial charge on any atom is 0.419 e. The minimum Gasteiger partial charge on any atom is -0.465 e. The Labute approximate surface area is 151 Å². The Balaban J connectivity index is 1.73. The predicted molar refractivity (Wildman–Crippen MR) is 96.1 cm³/mol. The first-order valence-corrected chi connectivity index (χ1v) is 8.59. The Morgan fingerprint density at radius 1 is 0.962 bits per heavy atom. The second-order valence-corrected chi connectivity index (χ2v) is 6.17. The summed E-state index contributed by atoms with van der Waals surface area (Å²) in [5.74, 6) is -0.112. The number of hydrogen-bond donors (Lipinski definition) is 2. The van der Waals surface area contributed by atoms with Gasteiger partial charge in [-0.1, -0.05) is 48.5 Å². The fraction of sp³-hybridized carbons (Fsp3) is 0.300. The highest BCUT2D eigenvalue weighted by molar-refractivity contribution is 5.87. The smallest absolute Gasteiger partial charge is 0.419 e. The Bertz CT molecular complexity index is 759. The number of carbonyl (C=O) groups is 2. The van der Waals surface area contributed by atoms with Gasteiger partial charge in [0.05, 0.1) is 0 Å². The number of hydrogen-bond acceptors (Lipinski definition) is 4. The van der Waals surface area contributed by atoms with Crippen molar-refractivity contribution in [3.05, 3.63) is 59.7 Å². The van der Waals surface area contributed by atoms with Gasteiger partial charge in [-0.3, -0.25) is 0 Å². The molecular weight excluding hydrogens is 334 g/mol. The second-order valence-electron chi connectivity index (χ2n) is 6.17. The molecule has 0 spiro atoms. The van der Waals surface area contributed by atoms with Crippen molar-refractivity contribution < 1.29 is 24.5 Å². The summed E-state index contributed by atoms with van der Waals surface area (Å²) >= 11 is 0. The average Bonchev–Trinajstić information content (AvgIpc) is 2.97. The van der Waals surface area contributed by atoms with Gasteiger partial charge < -0.3 is 14.9 Å². The molecule has 1 aliphatic rings. The van der Waals surface area contributed by atoms with Crippen LogP contribution in [-0.4, -0.2) is 47.1 Å². The third kappa shape index (κ3) is 3.55. The number of fused-ring (bicyclic) bond motifs is 3. The van der Waals surface area contributed by atoms with Crippen molar-refractivity contribution in [2.45, 2.75) is 18.8 Å². The first-order valence-electron chi connectivity index (χ1n) is 8.59. The largest absolute Gasteiger partial charge is 0.465 e. The highest BCUT2D eigenvalue weighted by Crippen LogP contribution is 2.44. The molecule has 0 aliphatic heterocycles. The Morgan fingerprint density at radius 3 is 2.08 bits per heavy atom. The first kappa shape index (κ1) is 17.9. The molecule has 136 valence electrons.